The van der Waals surface area contributed by atoms with Gasteiger partial charge in [0.1, 0.15) is 0 Å². The van der Waals surface area contributed by atoms with Crippen LogP contribution in [-0.2, 0) is 0 Å². The van der Waals surface area contributed by atoms with Crippen LogP contribution < -0.4 is 10.2 Å². The van der Waals surface area contributed by atoms with Gasteiger partial charge in [0.15, 0.2) is 0 Å². The second-order valence-corrected chi connectivity index (χ2v) is 5.85. The van der Waals surface area contributed by atoms with E-state index in [-0.39, 0.29) is 0 Å². The Morgan fingerprint density at radius 2 is 1.21 bits per heavy atom. The number of benzene rings is 3. The van der Waals surface area contributed by atoms with Gasteiger partial charge in [-0.2, -0.15) is 0 Å². The molecular formula is C21H21N3. The molecule has 2 N–H and O–H groups in total. The molecule has 3 heteroatoms. The van der Waals surface area contributed by atoms with Crippen molar-refractivity contribution in [2.75, 3.05) is 10.2 Å². The number of rotatable bonds is 3. The lowest BCUT2D eigenvalue weighted by molar-refractivity contribution is 1.27. The minimum Gasteiger partial charge on any atom is -0.326 e. The highest BCUT2D eigenvalue weighted by molar-refractivity contribution is 6.08. The third kappa shape index (κ3) is 3.63. The van der Waals surface area contributed by atoms with Crippen molar-refractivity contribution in [1.29, 1.82) is 5.41 Å². The highest BCUT2D eigenvalue weighted by Gasteiger charge is 2.14. The second kappa shape index (κ2) is 7.01. The summed E-state index contributed by atoms with van der Waals surface area (Å²) in [5, 5.41) is 11.8. The van der Waals surface area contributed by atoms with E-state index in [0.29, 0.717) is 5.96 Å². The fraction of sp³-hybridized carbons (Fsp3) is 0.0952. The first kappa shape index (κ1) is 15.8. The molecule has 0 fully saturated rings. The predicted octanol–water partition coefficient (Wildman–Crippen LogP) is 5.49. The number of hydrogen-bond acceptors (Lipinski definition) is 1. The lowest BCUT2D eigenvalue weighted by atomic mass is 10.2. The van der Waals surface area contributed by atoms with Crippen molar-refractivity contribution >= 4 is 23.0 Å². The van der Waals surface area contributed by atoms with Gasteiger partial charge in [-0.15, -0.1) is 0 Å². The van der Waals surface area contributed by atoms with Crippen LogP contribution in [0.2, 0.25) is 0 Å². The van der Waals surface area contributed by atoms with Gasteiger partial charge in [0.2, 0.25) is 5.96 Å². The minimum atomic E-state index is 0.314. The van der Waals surface area contributed by atoms with Crippen molar-refractivity contribution in [3.05, 3.63) is 90.0 Å². The van der Waals surface area contributed by atoms with Gasteiger partial charge in [-0.05, 0) is 50.2 Å². The van der Waals surface area contributed by atoms with E-state index >= 15 is 0 Å². The summed E-state index contributed by atoms with van der Waals surface area (Å²) in [6, 6.07) is 26.2. The molecule has 3 rings (SSSR count). The van der Waals surface area contributed by atoms with Crippen molar-refractivity contribution < 1.29 is 0 Å². The van der Waals surface area contributed by atoms with Crippen LogP contribution in [-0.4, -0.2) is 5.96 Å². The third-order valence-corrected chi connectivity index (χ3v) is 3.84. The maximum Gasteiger partial charge on any atom is 0.204 e. The molecule has 0 unspecified atom stereocenters. The van der Waals surface area contributed by atoms with Gasteiger partial charge in [0.05, 0.1) is 0 Å². The van der Waals surface area contributed by atoms with Crippen LogP contribution in [0.3, 0.4) is 0 Å². The molecule has 0 aliphatic carbocycles. The summed E-state index contributed by atoms with van der Waals surface area (Å²) in [6.45, 7) is 4.12. The molecule has 3 aromatic carbocycles. The van der Waals surface area contributed by atoms with Crippen LogP contribution in [0.15, 0.2) is 78.9 Å². The molecule has 0 saturated carbocycles. The van der Waals surface area contributed by atoms with E-state index in [0.717, 1.165) is 17.1 Å². The van der Waals surface area contributed by atoms with Gasteiger partial charge in [-0.3, -0.25) is 10.3 Å². The first-order chi connectivity index (χ1) is 11.6. The van der Waals surface area contributed by atoms with Gasteiger partial charge < -0.3 is 5.32 Å². The zero-order chi connectivity index (χ0) is 16.9. The zero-order valence-corrected chi connectivity index (χ0v) is 14.0. The van der Waals surface area contributed by atoms with Crippen LogP contribution in [0.1, 0.15) is 11.1 Å². The Labute approximate surface area is 143 Å². The predicted molar refractivity (Wildman–Crippen MR) is 102 cm³/mol. The third-order valence-electron chi connectivity index (χ3n) is 3.84. The fourth-order valence-corrected chi connectivity index (χ4v) is 2.51. The monoisotopic (exact) mass is 315 g/mol. The molecule has 24 heavy (non-hydrogen) atoms. The fourth-order valence-electron chi connectivity index (χ4n) is 2.51. The molecule has 0 amide bonds. The Bertz CT molecular complexity index is 806. The van der Waals surface area contributed by atoms with Gasteiger partial charge in [0.25, 0.3) is 0 Å². The van der Waals surface area contributed by atoms with Crippen molar-refractivity contribution in [3.63, 3.8) is 0 Å². The van der Waals surface area contributed by atoms with E-state index in [1.54, 1.807) is 0 Å². The summed E-state index contributed by atoms with van der Waals surface area (Å²) >= 11 is 0. The van der Waals surface area contributed by atoms with Gasteiger partial charge in [-0.25, -0.2) is 0 Å². The molecule has 0 bridgehead atoms. The molecule has 0 aliphatic heterocycles. The molecule has 3 aromatic rings. The number of guanidine groups is 1. The van der Waals surface area contributed by atoms with Crippen LogP contribution in [0, 0.1) is 19.3 Å². The Hall–Kier alpha value is -3.07. The molecule has 0 saturated heterocycles. The SMILES string of the molecule is Cc1ccc(NC(=N)N(c2ccccc2)c2ccc(C)cc2)cc1. The average molecular weight is 315 g/mol. The van der Waals surface area contributed by atoms with Crippen LogP contribution in [0.4, 0.5) is 17.1 Å². The minimum absolute atomic E-state index is 0.314. The van der Waals surface area contributed by atoms with Crippen LogP contribution in [0.5, 0.6) is 0 Å². The van der Waals surface area contributed by atoms with Gasteiger partial charge >= 0.3 is 0 Å². The molecule has 0 spiro atoms. The summed E-state index contributed by atoms with van der Waals surface area (Å²) in [5.74, 6) is 0.314. The van der Waals surface area contributed by atoms with Crippen LogP contribution >= 0.6 is 0 Å². The zero-order valence-electron chi connectivity index (χ0n) is 14.0. The first-order valence-corrected chi connectivity index (χ1v) is 7.97. The number of aryl methyl sites for hydroxylation is 2. The van der Waals surface area contributed by atoms with Crippen molar-refractivity contribution in [2.45, 2.75) is 13.8 Å². The molecule has 0 radical (unpaired) electrons. The Kier molecular flexibility index (Phi) is 4.62. The standard InChI is InChI=1S/C21H21N3/c1-16-8-12-18(13-9-16)23-21(22)24(19-6-4-3-5-7-19)20-14-10-17(2)11-15-20/h3-15H,1-2H3,(H2,22,23). The largest absolute Gasteiger partial charge is 0.326 e. The first-order valence-electron chi connectivity index (χ1n) is 7.97. The summed E-state index contributed by atoms with van der Waals surface area (Å²) < 4.78 is 0. The Balaban J connectivity index is 1.93. The number of para-hydroxylation sites is 1. The van der Waals surface area contributed by atoms with E-state index in [9.17, 15) is 0 Å². The number of nitrogens with one attached hydrogen (secondary N) is 2. The summed E-state index contributed by atoms with van der Waals surface area (Å²) in [5.41, 5.74) is 5.20. The maximum atomic E-state index is 8.58. The van der Waals surface area contributed by atoms with E-state index in [4.69, 9.17) is 5.41 Å². The lowest BCUT2D eigenvalue weighted by Gasteiger charge is -2.26. The summed E-state index contributed by atoms with van der Waals surface area (Å²) in [4.78, 5) is 1.90. The van der Waals surface area contributed by atoms with Crippen LogP contribution in [0.25, 0.3) is 0 Å². The van der Waals surface area contributed by atoms with Crippen molar-refractivity contribution in [1.82, 2.24) is 0 Å². The normalized spacial score (nSPS) is 10.2. The number of hydrogen-bond donors (Lipinski definition) is 2. The van der Waals surface area contributed by atoms with E-state index in [1.165, 1.54) is 11.1 Å². The molecule has 0 aliphatic rings. The number of nitrogens with zero attached hydrogens (tertiary/aromatic N) is 1. The van der Waals surface area contributed by atoms with Crippen molar-refractivity contribution in [2.24, 2.45) is 0 Å². The van der Waals surface area contributed by atoms with E-state index < -0.39 is 0 Å². The quantitative estimate of drug-likeness (QED) is 0.495. The lowest BCUT2D eigenvalue weighted by Crippen LogP contribution is -2.31. The smallest absolute Gasteiger partial charge is 0.204 e. The summed E-state index contributed by atoms with van der Waals surface area (Å²) in [6.07, 6.45) is 0. The molecule has 0 atom stereocenters. The highest BCUT2D eigenvalue weighted by Crippen LogP contribution is 2.26. The number of anilines is 3. The topological polar surface area (TPSA) is 39.1 Å². The highest BCUT2D eigenvalue weighted by atomic mass is 15.3. The second-order valence-electron chi connectivity index (χ2n) is 5.85. The van der Waals surface area contributed by atoms with E-state index in [1.807, 2.05) is 71.6 Å². The average Bonchev–Trinajstić information content (AvgIpc) is 2.60. The van der Waals surface area contributed by atoms with E-state index in [2.05, 4.69) is 31.3 Å². The Morgan fingerprint density at radius 1 is 0.708 bits per heavy atom. The van der Waals surface area contributed by atoms with Crippen molar-refractivity contribution in [3.8, 4) is 0 Å². The maximum absolute atomic E-state index is 8.58. The van der Waals surface area contributed by atoms with Gasteiger partial charge in [0, 0.05) is 17.1 Å². The molecule has 0 aromatic heterocycles. The summed E-state index contributed by atoms with van der Waals surface area (Å²) in [7, 11) is 0. The Morgan fingerprint density at radius 3 is 1.79 bits per heavy atom. The molecular weight excluding hydrogens is 294 g/mol. The van der Waals surface area contributed by atoms with Gasteiger partial charge in [-0.1, -0.05) is 53.6 Å². The molecule has 0 heterocycles. The molecule has 120 valence electrons. The molecule has 3 nitrogen and oxygen atoms in total.